The minimum Gasteiger partial charge on any atom is -0.329 e. The van der Waals surface area contributed by atoms with Crippen LogP contribution in [0, 0.1) is 0 Å². The molecule has 0 fully saturated rings. The van der Waals surface area contributed by atoms with E-state index in [1.807, 2.05) is 49.4 Å². The molecule has 31 heavy (non-hydrogen) atoms. The van der Waals surface area contributed by atoms with Crippen LogP contribution in [0.25, 0.3) is 0 Å². The van der Waals surface area contributed by atoms with Crippen LogP contribution in [0.3, 0.4) is 0 Å². The van der Waals surface area contributed by atoms with Crippen molar-refractivity contribution in [1.29, 1.82) is 0 Å². The lowest BCUT2D eigenvalue weighted by atomic mass is 10.1. The van der Waals surface area contributed by atoms with Gasteiger partial charge in [-0.2, -0.15) is 0 Å². The second-order valence-electron chi connectivity index (χ2n) is 7.06. The van der Waals surface area contributed by atoms with Gasteiger partial charge in [0.2, 0.25) is 0 Å². The van der Waals surface area contributed by atoms with Gasteiger partial charge in [0.05, 0.1) is 18.8 Å². The lowest BCUT2D eigenvalue weighted by Gasteiger charge is -2.32. The molecule has 0 aliphatic heterocycles. The number of aromatic nitrogens is 2. The van der Waals surface area contributed by atoms with Crippen LogP contribution in [0.4, 0.5) is 0 Å². The van der Waals surface area contributed by atoms with Crippen LogP contribution in [0.15, 0.2) is 70.1 Å². The van der Waals surface area contributed by atoms with Crippen molar-refractivity contribution in [3.05, 3.63) is 97.6 Å². The van der Waals surface area contributed by atoms with Gasteiger partial charge in [0.15, 0.2) is 0 Å². The maximum absolute atomic E-state index is 13.4. The Kier molecular flexibility index (Phi) is 8.01. The zero-order valence-corrected chi connectivity index (χ0v) is 19.5. The highest BCUT2D eigenvalue weighted by molar-refractivity contribution is 9.10. The summed E-state index contributed by atoms with van der Waals surface area (Å²) in [7, 11) is 0. The number of carbonyl (C=O) groups excluding carboxylic acids is 1. The second kappa shape index (κ2) is 10.7. The molecule has 1 unspecified atom stereocenters. The third-order valence-corrected chi connectivity index (χ3v) is 5.79. The summed E-state index contributed by atoms with van der Waals surface area (Å²) < 4.78 is 2.43. The van der Waals surface area contributed by atoms with Gasteiger partial charge in [-0.25, -0.2) is 4.98 Å². The molecule has 3 rings (SSSR count). The van der Waals surface area contributed by atoms with Crippen LogP contribution in [0.5, 0.6) is 0 Å². The second-order valence-corrected chi connectivity index (χ2v) is 8.38. The average Bonchev–Trinajstić information content (AvgIpc) is 2.78. The Balaban J connectivity index is 2.06. The van der Waals surface area contributed by atoms with Gasteiger partial charge < -0.3 is 10.6 Å². The minimum absolute atomic E-state index is 0.0409. The summed E-state index contributed by atoms with van der Waals surface area (Å²) in [4.78, 5) is 32.5. The highest BCUT2D eigenvalue weighted by Crippen LogP contribution is 2.25. The van der Waals surface area contributed by atoms with E-state index in [9.17, 15) is 9.59 Å². The van der Waals surface area contributed by atoms with Gasteiger partial charge in [0.1, 0.15) is 10.8 Å². The Labute approximate surface area is 194 Å². The quantitative estimate of drug-likeness (QED) is 0.498. The summed E-state index contributed by atoms with van der Waals surface area (Å²) in [5, 5.41) is 0.0409. The van der Waals surface area contributed by atoms with E-state index in [0.717, 1.165) is 10.0 Å². The van der Waals surface area contributed by atoms with Crippen LogP contribution < -0.4 is 11.3 Å². The molecule has 2 N–H and O–H groups in total. The topological polar surface area (TPSA) is 81.2 Å². The van der Waals surface area contributed by atoms with E-state index in [4.69, 9.17) is 17.3 Å². The van der Waals surface area contributed by atoms with Gasteiger partial charge in [-0.1, -0.05) is 64.8 Å². The molecule has 0 saturated heterocycles. The predicted molar refractivity (Wildman–Crippen MR) is 126 cm³/mol. The van der Waals surface area contributed by atoms with Gasteiger partial charge in [0, 0.05) is 23.1 Å². The SMILES string of the molecule is CCC(c1ncc(Cl)c(=O)n1Cc1ccccc1)N(CCN)C(=O)c1ccc(Br)cc1. The molecule has 1 atom stereocenters. The Morgan fingerprint density at radius 2 is 1.87 bits per heavy atom. The van der Waals surface area contributed by atoms with Gasteiger partial charge >= 0.3 is 0 Å². The minimum atomic E-state index is -0.437. The zero-order valence-electron chi connectivity index (χ0n) is 17.2. The third-order valence-electron chi connectivity index (χ3n) is 5.00. The number of nitrogens with two attached hydrogens (primary N) is 1. The first-order valence-electron chi connectivity index (χ1n) is 10.0. The first-order valence-corrected chi connectivity index (χ1v) is 11.2. The third kappa shape index (κ3) is 5.42. The maximum Gasteiger partial charge on any atom is 0.272 e. The number of hydrogen-bond donors (Lipinski definition) is 1. The standard InChI is InChI=1S/C23H24BrClN4O2/c1-2-20(28(13-12-26)22(30)17-8-10-18(24)11-9-17)21-27-14-19(25)23(31)29(21)15-16-6-4-3-5-7-16/h3-11,14,20H,2,12-13,15,26H2,1H3. The Morgan fingerprint density at radius 1 is 1.19 bits per heavy atom. The molecular weight excluding hydrogens is 480 g/mol. The fourth-order valence-electron chi connectivity index (χ4n) is 3.50. The summed E-state index contributed by atoms with van der Waals surface area (Å²) in [6.07, 6.45) is 1.92. The van der Waals surface area contributed by atoms with Crippen LogP contribution in [0.1, 0.15) is 41.1 Å². The average molecular weight is 504 g/mol. The van der Waals surface area contributed by atoms with Crippen molar-refractivity contribution < 1.29 is 4.79 Å². The van der Waals surface area contributed by atoms with Crippen LogP contribution in [-0.2, 0) is 6.54 Å². The van der Waals surface area contributed by atoms with Crippen LogP contribution in [-0.4, -0.2) is 33.4 Å². The fraction of sp³-hybridized carbons (Fsp3) is 0.261. The van der Waals surface area contributed by atoms with Gasteiger partial charge in [-0.3, -0.25) is 14.2 Å². The Hall–Kier alpha value is -2.48. The number of halogens is 2. The van der Waals surface area contributed by atoms with E-state index in [2.05, 4.69) is 20.9 Å². The highest BCUT2D eigenvalue weighted by Gasteiger charge is 2.28. The molecule has 162 valence electrons. The normalized spacial score (nSPS) is 11.9. The van der Waals surface area contributed by atoms with Crippen molar-refractivity contribution in [1.82, 2.24) is 14.5 Å². The number of nitrogens with zero attached hydrogens (tertiary/aromatic N) is 3. The van der Waals surface area contributed by atoms with Crippen LogP contribution in [0.2, 0.25) is 5.02 Å². The molecule has 1 aromatic heterocycles. The summed E-state index contributed by atoms with van der Waals surface area (Å²) in [5.41, 5.74) is 6.99. The molecule has 2 aromatic carbocycles. The van der Waals surface area contributed by atoms with Crippen molar-refractivity contribution in [2.24, 2.45) is 5.73 Å². The molecule has 1 heterocycles. The number of amides is 1. The molecule has 6 nitrogen and oxygen atoms in total. The van der Waals surface area contributed by atoms with Crippen molar-refractivity contribution in [2.75, 3.05) is 13.1 Å². The number of carbonyl (C=O) groups is 1. The summed E-state index contributed by atoms with van der Waals surface area (Å²) in [5.74, 6) is 0.319. The molecule has 0 radical (unpaired) electrons. The van der Waals surface area contributed by atoms with E-state index in [0.29, 0.717) is 30.9 Å². The largest absolute Gasteiger partial charge is 0.329 e. The highest BCUT2D eigenvalue weighted by atomic mass is 79.9. The lowest BCUT2D eigenvalue weighted by molar-refractivity contribution is 0.0663. The smallest absolute Gasteiger partial charge is 0.272 e. The number of rotatable bonds is 8. The Morgan fingerprint density at radius 3 is 2.48 bits per heavy atom. The summed E-state index contributed by atoms with van der Waals surface area (Å²) in [6.45, 7) is 2.88. The van der Waals surface area contributed by atoms with Crippen molar-refractivity contribution in [2.45, 2.75) is 25.9 Å². The predicted octanol–water partition coefficient (Wildman–Crippen LogP) is 4.26. The zero-order chi connectivity index (χ0) is 22.4. The van der Waals surface area contributed by atoms with E-state index in [1.54, 1.807) is 21.6 Å². The van der Waals surface area contributed by atoms with Gasteiger partial charge in [-0.15, -0.1) is 0 Å². The van der Waals surface area contributed by atoms with E-state index >= 15 is 0 Å². The summed E-state index contributed by atoms with van der Waals surface area (Å²) in [6, 6.07) is 16.3. The van der Waals surface area contributed by atoms with Crippen molar-refractivity contribution in [3.8, 4) is 0 Å². The lowest BCUT2D eigenvalue weighted by Crippen LogP contribution is -2.41. The molecule has 0 bridgehead atoms. The van der Waals surface area contributed by atoms with Gasteiger partial charge in [-0.05, 0) is 36.2 Å². The molecular formula is C23H24BrClN4O2. The first kappa shape index (κ1) is 23.2. The molecule has 3 aromatic rings. The summed E-state index contributed by atoms with van der Waals surface area (Å²) >= 11 is 9.51. The molecule has 0 saturated carbocycles. The van der Waals surface area contributed by atoms with E-state index in [-0.39, 0.29) is 23.0 Å². The monoisotopic (exact) mass is 502 g/mol. The van der Waals surface area contributed by atoms with E-state index in [1.165, 1.54) is 6.20 Å². The van der Waals surface area contributed by atoms with E-state index < -0.39 is 6.04 Å². The molecule has 0 aliphatic carbocycles. The molecule has 8 heteroatoms. The Bertz CT molecular complexity index is 1090. The maximum atomic E-state index is 13.4. The molecule has 0 spiro atoms. The van der Waals surface area contributed by atoms with Crippen molar-refractivity contribution in [3.63, 3.8) is 0 Å². The van der Waals surface area contributed by atoms with Crippen LogP contribution >= 0.6 is 27.5 Å². The molecule has 0 aliphatic rings. The number of benzene rings is 2. The number of hydrogen-bond acceptors (Lipinski definition) is 4. The first-order chi connectivity index (χ1) is 15.0. The van der Waals surface area contributed by atoms with Crippen molar-refractivity contribution >= 4 is 33.4 Å². The molecule has 1 amide bonds. The van der Waals surface area contributed by atoms with Gasteiger partial charge in [0.25, 0.3) is 11.5 Å². The fourth-order valence-corrected chi connectivity index (χ4v) is 3.92.